The molecule has 0 atom stereocenters. The van der Waals surface area contributed by atoms with Crippen LogP contribution in [0, 0.1) is 0 Å². The van der Waals surface area contributed by atoms with Gasteiger partial charge in [-0.3, -0.25) is 4.90 Å². The van der Waals surface area contributed by atoms with E-state index in [0.717, 1.165) is 6.54 Å². The molecule has 2 saturated heterocycles. The Bertz CT molecular complexity index is 144. The highest BCUT2D eigenvalue weighted by molar-refractivity contribution is 4.96. The van der Waals surface area contributed by atoms with E-state index in [0.29, 0.717) is 5.54 Å². The molecule has 2 heterocycles. The van der Waals surface area contributed by atoms with E-state index in [4.69, 9.17) is 5.73 Å². The lowest BCUT2D eigenvalue weighted by Crippen LogP contribution is -2.58. The van der Waals surface area contributed by atoms with Gasteiger partial charge in [0.1, 0.15) is 0 Å². The van der Waals surface area contributed by atoms with Crippen LogP contribution in [0.3, 0.4) is 0 Å². The largest absolute Gasteiger partial charge is 0.329 e. The van der Waals surface area contributed by atoms with E-state index in [-0.39, 0.29) is 0 Å². The minimum absolute atomic E-state index is 0.427. The van der Waals surface area contributed by atoms with Crippen molar-refractivity contribution in [1.82, 2.24) is 4.90 Å². The average Bonchev–Trinajstić information content (AvgIpc) is 2.18. The van der Waals surface area contributed by atoms with Gasteiger partial charge >= 0.3 is 0 Å². The smallest absolute Gasteiger partial charge is 0.0331 e. The molecule has 0 unspecified atom stereocenters. The first-order chi connectivity index (χ1) is 5.87. The van der Waals surface area contributed by atoms with Gasteiger partial charge in [0.2, 0.25) is 0 Å². The van der Waals surface area contributed by atoms with Crippen molar-refractivity contribution in [3.63, 3.8) is 0 Å². The zero-order valence-corrected chi connectivity index (χ0v) is 7.89. The first kappa shape index (κ1) is 8.52. The number of hydrogen-bond acceptors (Lipinski definition) is 2. The van der Waals surface area contributed by atoms with Gasteiger partial charge in [0.05, 0.1) is 0 Å². The third-order valence-corrected chi connectivity index (χ3v) is 3.69. The second-order valence-corrected chi connectivity index (χ2v) is 4.33. The molecule has 0 aromatic carbocycles. The molecule has 2 rings (SSSR count). The maximum Gasteiger partial charge on any atom is 0.0331 e. The Morgan fingerprint density at radius 1 is 1.00 bits per heavy atom. The Morgan fingerprint density at radius 3 is 2.00 bits per heavy atom. The number of rotatable bonds is 1. The molecule has 0 spiro atoms. The summed E-state index contributed by atoms with van der Waals surface area (Å²) in [6.07, 6.45) is 8.28. The third-order valence-electron chi connectivity index (χ3n) is 3.69. The lowest BCUT2D eigenvalue weighted by Gasteiger charge is -2.50. The van der Waals surface area contributed by atoms with Gasteiger partial charge in [0.15, 0.2) is 0 Å². The fourth-order valence-corrected chi connectivity index (χ4v) is 2.87. The molecule has 0 aromatic heterocycles. The lowest BCUT2D eigenvalue weighted by atomic mass is 9.79. The predicted octanol–water partition coefficient (Wildman–Crippen LogP) is 1.35. The van der Waals surface area contributed by atoms with Crippen molar-refractivity contribution in [2.24, 2.45) is 5.73 Å². The van der Waals surface area contributed by atoms with Crippen LogP contribution >= 0.6 is 0 Å². The van der Waals surface area contributed by atoms with Crippen molar-refractivity contribution in [3.8, 4) is 0 Å². The molecule has 0 saturated carbocycles. The molecule has 0 bridgehead atoms. The molecule has 12 heavy (non-hydrogen) atoms. The highest BCUT2D eigenvalue weighted by Gasteiger charge is 2.38. The number of nitrogens with zero attached hydrogens (tertiary/aromatic N) is 1. The molecule has 2 aliphatic rings. The fourth-order valence-electron chi connectivity index (χ4n) is 2.87. The van der Waals surface area contributed by atoms with Crippen molar-refractivity contribution in [2.45, 2.75) is 44.1 Å². The van der Waals surface area contributed by atoms with Crippen LogP contribution in [0.15, 0.2) is 0 Å². The molecule has 2 fully saturated rings. The highest BCUT2D eigenvalue weighted by atomic mass is 15.2. The Morgan fingerprint density at radius 2 is 1.58 bits per heavy atom. The molecule has 2 heteroatoms. The van der Waals surface area contributed by atoms with E-state index < -0.39 is 0 Å². The second-order valence-electron chi connectivity index (χ2n) is 4.33. The minimum atomic E-state index is 0.427. The first-order valence-corrected chi connectivity index (χ1v) is 5.32. The van der Waals surface area contributed by atoms with Gasteiger partial charge in [0.25, 0.3) is 0 Å². The van der Waals surface area contributed by atoms with Crippen LogP contribution in [0.1, 0.15) is 38.5 Å². The van der Waals surface area contributed by atoms with E-state index >= 15 is 0 Å². The molecule has 2 N–H and O–H groups in total. The quantitative estimate of drug-likeness (QED) is 0.640. The molecule has 2 nitrogen and oxygen atoms in total. The Balaban J connectivity index is 2.10. The maximum absolute atomic E-state index is 5.91. The number of hydrogen-bond donors (Lipinski definition) is 1. The van der Waals surface area contributed by atoms with Crippen molar-refractivity contribution in [2.75, 3.05) is 19.6 Å². The molecule has 0 amide bonds. The molecule has 2 aliphatic heterocycles. The van der Waals surface area contributed by atoms with Gasteiger partial charge in [-0.15, -0.1) is 0 Å². The van der Waals surface area contributed by atoms with Crippen LogP contribution in [-0.4, -0.2) is 30.1 Å². The van der Waals surface area contributed by atoms with Crippen LogP contribution in [0.25, 0.3) is 0 Å². The molecule has 0 aromatic rings. The summed E-state index contributed by atoms with van der Waals surface area (Å²) in [5, 5.41) is 0. The third kappa shape index (κ3) is 1.27. The van der Waals surface area contributed by atoms with Gasteiger partial charge in [-0.25, -0.2) is 0 Å². The number of nitrogens with two attached hydrogens (primary N) is 1. The maximum atomic E-state index is 5.91. The van der Waals surface area contributed by atoms with Gasteiger partial charge < -0.3 is 5.73 Å². The van der Waals surface area contributed by atoms with E-state index in [9.17, 15) is 0 Å². The van der Waals surface area contributed by atoms with E-state index in [1.807, 2.05) is 0 Å². The summed E-state index contributed by atoms with van der Waals surface area (Å²) >= 11 is 0. The van der Waals surface area contributed by atoms with Crippen molar-refractivity contribution in [1.29, 1.82) is 0 Å². The normalized spacial score (nSPS) is 29.8. The highest BCUT2D eigenvalue weighted by Crippen LogP contribution is 2.35. The summed E-state index contributed by atoms with van der Waals surface area (Å²) in [5.74, 6) is 0. The Labute approximate surface area is 75.1 Å². The van der Waals surface area contributed by atoms with Gasteiger partial charge in [-0.2, -0.15) is 0 Å². The fraction of sp³-hybridized carbons (Fsp3) is 1.00. The average molecular weight is 168 g/mol. The Kier molecular flexibility index (Phi) is 2.37. The molecular weight excluding hydrogens is 148 g/mol. The van der Waals surface area contributed by atoms with Crippen LogP contribution in [0.5, 0.6) is 0 Å². The predicted molar refractivity (Wildman–Crippen MR) is 51.1 cm³/mol. The van der Waals surface area contributed by atoms with E-state index in [1.54, 1.807) is 0 Å². The van der Waals surface area contributed by atoms with Crippen molar-refractivity contribution in [3.05, 3.63) is 0 Å². The first-order valence-electron chi connectivity index (χ1n) is 5.32. The van der Waals surface area contributed by atoms with Crippen LogP contribution < -0.4 is 5.73 Å². The molecule has 0 aliphatic carbocycles. The molecular formula is C10H20N2. The van der Waals surface area contributed by atoms with E-state index in [1.165, 1.54) is 51.6 Å². The Hall–Kier alpha value is -0.0800. The summed E-state index contributed by atoms with van der Waals surface area (Å²) < 4.78 is 0. The summed E-state index contributed by atoms with van der Waals surface area (Å²) in [5.41, 5.74) is 6.33. The van der Waals surface area contributed by atoms with Crippen LogP contribution in [-0.2, 0) is 0 Å². The zero-order valence-electron chi connectivity index (χ0n) is 7.89. The van der Waals surface area contributed by atoms with Crippen LogP contribution in [0.2, 0.25) is 0 Å². The number of piperidine rings is 2. The summed E-state index contributed by atoms with van der Waals surface area (Å²) in [6.45, 7) is 3.49. The van der Waals surface area contributed by atoms with Gasteiger partial charge in [0, 0.05) is 12.1 Å². The zero-order chi connectivity index (χ0) is 8.44. The summed E-state index contributed by atoms with van der Waals surface area (Å²) in [7, 11) is 0. The monoisotopic (exact) mass is 168 g/mol. The summed E-state index contributed by atoms with van der Waals surface area (Å²) in [4.78, 5) is 2.65. The topological polar surface area (TPSA) is 29.3 Å². The number of fused-ring (bicyclic) bond motifs is 1. The SMILES string of the molecule is NCC12CCCCN1CCCC2. The van der Waals surface area contributed by atoms with E-state index in [2.05, 4.69) is 4.90 Å². The van der Waals surface area contributed by atoms with Gasteiger partial charge in [-0.1, -0.05) is 12.8 Å². The second kappa shape index (κ2) is 3.35. The lowest BCUT2D eigenvalue weighted by molar-refractivity contribution is 0.0187. The standard InChI is InChI=1S/C10H20N2/c11-9-10-5-1-3-7-12(10)8-4-2-6-10/h1-9,11H2. The molecule has 70 valence electrons. The van der Waals surface area contributed by atoms with Crippen LogP contribution in [0.4, 0.5) is 0 Å². The molecule has 0 radical (unpaired) electrons. The van der Waals surface area contributed by atoms with Gasteiger partial charge in [-0.05, 0) is 38.8 Å². The minimum Gasteiger partial charge on any atom is -0.329 e. The van der Waals surface area contributed by atoms with Crippen molar-refractivity contribution >= 4 is 0 Å². The van der Waals surface area contributed by atoms with Crippen molar-refractivity contribution < 1.29 is 0 Å². The summed E-state index contributed by atoms with van der Waals surface area (Å²) in [6, 6.07) is 0.